The minimum Gasteiger partial charge on any atom is -0.481 e. The monoisotopic (exact) mass is 1300 g/mol. The molecule has 32 heteroatoms. The lowest BCUT2D eigenvalue weighted by atomic mass is 10.0. The molecule has 0 saturated carbocycles. The van der Waals surface area contributed by atoms with Crippen LogP contribution in [0.1, 0.15) is 109 Å². The molecule has 2 aliphatic rings. The number of likely N-dealkylation sites (N-methyl/N-ethyl adjacent to an activating group) is 1. The molecule has 2 aliphatic heterocycles. The van der Waals surface area contributed by atoms with Crippen LogP contribution in [0.25, 0.3) is 0 Å². The van der Waals surface area contributed by atoms with Crippen LogP contribution in [-0.2, 0) is 54.3 Å². The number of carboxylic acid groups (broad SMARTS) is 7. The Labute approximate surface area is 536 Å². The predicted molar refractivity (Wildman–Crippen MR) is 337 cm³/mol. The highest BCUT2D eigenvalue weighted by atomic mass is 16.5. The number of carbonyl (C=O) groups is 9. The number of hydrogen-bond acceptors (Lipinski definition) is 22. The molecule has 1 aromatic heterocycles. The first kappa shape index (κ1) is 76.8. The molecular formula is C60H98N14O18. The molecule has 1 aromatic carbocycles. The van der Waals surface area contributed by atoms with E-state index in [9.17, 15) is 68.7 Å². The van der Waals surface area contributed by atoms with Crippen molar-refractivity contribution in [1.29, 1.82) is 0 Å². The average molecular weight is 1300 g/mol. The van der Waals surface area contributed by atoms with Gasteiger partial charge in [0, 0.05) is 110 Å². The number of anilines is 4. The number of benzene rings is 1. The number of carboxylic acids is 7. The van der Waals surface area contributed by atoms with Gasteiger partial charge >= 0.3 is 47.8 Å². The molecule has 3 atom stereocenters. The van der Waals surface area contributed by atoms with Gasteiger partial charge in [0.2, 0.25) is 23.8 Å². The van der Waals surface area contributed by atoms with Gasteiger partial charge in [0.25, 0.3) is 0 Å². The summed E-state index contributed by atoms with van der Waals surface area (Å²) in [4.78, 5) is 131. The number of urea groups is 1. The van der Waals surface area contributed by atoms with Crippen molar-refractivity contribution in [1.82, 2.24) is 55.4 Å². The van der Waals surface area contributed by atoms with E-state index in [1.165, 1.54) is 0 Å². The van der Waals surface area contributed by atoms with E-state index in [0.29, 0.717) is 134 Å². The number of nitrogens with zero attached hydrogens (tertiary/aromatic N) is 9. The number of rotatable bonds is 45. The van der Waals surface area contributed by atoms with Gasteiger partial charge in [-0.3, -0.25) is 53.3 Å². The topological polar surface area (TPSA) is 432 Å². The molecule has 0 aliphatic carbocycles. The summed E-state index contributed by atoms with van der Waals surface area (Å²) >= 11 is 0. The van der Waals surface area contributed by atoms with Gasteiger partial charge in [-0.1, -0.05) is 57.6 Å². The molecule has 3 heterocycles. The predicted octanol–water partition coefficient (Wildman–Crippen LogP) is 1.93. The molecule has 2 saturated heterocycles. The molecule has 0 spiro atoms. The SMILES string of the molecule is CCN1CCN(CC(=O)O)CCN(CC(=O)O)CCN(CC(=O)O)CC1Cc1ccc(Nc2nc(NCCOCCOCCC(=O)O)nc(N3CCN(CCCCCCCCCCC(=O)NCCCC[C@H](NC(=O)N[C@@H](CCC(=O)O)C(=O)O)C(=O)O)CC3)n2)cc1. The molecular weight excluding hydrogens is 1200 g/mol. The van der Waals surface area contributed by atoms with Gasteiger partial charge in [0.05, 0.1) is 52.5 Å². The standard InChI is InChI=1S/C60H98N14O18/c1-2-73-32-31-71(42-53(82)83)26-25-70(41-52(80)81)27-28-72(43-54(84)85)40-46(73)39-44-15-17-45(18-16-44)63-58-66-57(62-23-36-92-38-37-91-35-21-51(78)79)67-59(68-58)74-33-29-69(30-34-74)24-12-8-6-4-3-5-7-9-14-49(75)61-22-11-10-13-47(55(86)87)64-60(90)65-48(56(88)89)19-20-50(76)77/h15-18,46-48H,2-14,19-43H2,1H3,(H,61,75)(H,76,77)(H,78,79)(H,80,81)(H,82,83)(H,84,85)(H,86,87)(H,88,89)(H2,64,65,90)(H2,62,63,66,67,68)/t46?,47-,48-/m0/s1. The van der Waals surface area contributed by atoms with Crippen molar-refractivity contribution < 1.29 is 88.4 Å². The lowest BCUT2D eigenvalue weighted by molar-refractivity contribution is -0.141. The summed E-state index contributed by atoms with van der Waals surface area (Å²) in [5.74, 6) is -6.83. The number of amides is 3. The summed E-state index contributed by atoms with van der Waals surface area (Å²) < 4.78 is 11.0. The quantitative estimate of drug-likeness (QED) is 0.0422. The van der Waals surface area contributed by atoms with E-state index in [1.807, 2.05) is 41.0 Å². The zero-order chi connectivity index (χ0) is 67.0. The van der Waals surface area contributed by atoms with E-state index in [1.54, 1.807) is 4.90 Å². The zero-order valence-electron chi connectivity index (χ0n) is 53.1. The summed E-state index contributed by atoms with van der Waals surface area (Å²) in [5.41, 5.74) is 1.70. The van der Waals surface area contributed by atoms with Gasteiger partial charge < -0.3 is 76.7 Å². The normalized spacial score (nSPS) is 16.5. The summed E-state index contributed by atoms with van der Waals surface area (Å²) in [6.07, 6.45) is 9.05. The molecule has 0 bridgehead atoms. The lowest BCUT2D eigenvalue weighted by Crippen LogP contribution is -2.52. The van der Waals surface area contributed by atoms with Crippen LogP contribution in [0.15, 0.2) is 24.3 Å². The number of unbranched alkanes of at least 4 members (excludes halogenated alkanes) is 8. The van der Waals surface area contributed by atoms with E-state index in [4.69, 9.17) is 34.6 Å². The van der Waals surface area contributed by atoms with Gasteiger partial charge in [-0.25, -0.2) is 14.4 Å². The Balaban J connectivity index is 1.23. The average Bonchev–Trinajstić information content (AvgIpc) is 1.47. The summed E-state index contributed by atoms with van der Waals surface area (Å²) in [5, 5.41) is 79.4. The summed E-state index contributed by atoms with van der Waals surface area (Å²) in [7, 11) is 0. The van der Waals surface area contributed by atoms with E-state index in [-0.39, 0.29) is 70.7 Å². The van der Waals surface area contributed by atoms with Crippen LogP contribution in [-0.4, -0.2) is 291 Å². The van der Waals surface area contributed by atoms with Crippen molar-refractivity contribution >= 4 is 77.3 Å². The van der Waals surface area contributed by atoms with Crippen molar-refractivity contribution in [2.24, 2.45) is 0 Å². The van der Waals surface area contributed by atoms with E-state index < -0.39 is 66.3 Å². The molecule has 2 aromatic rings. The summed E-state index contributed by atoms with van der Waals surface area (Å²) in [6, 6.07) is 3.84. The Hall–Kier alpha value is -7.62. The number of piperazine rings is 1. The van der Waals surface area contributed by atoms with Crippen molar-refractivity contribution in [3.8, 4) is 0 Å². The van der Waals surface area contributed by atoms with Gasteiger partial charge in [-0.2, -0.15) is 15.0 Å². The molecule has 516 valence electrons. The van der Waals surface area contributed by atoms with Crippen LogP contribution >= 0.6 is 0 Å². The number of nitrogens with one attached hydrogen (secondary N) is 5. The molecule has 1 unspecified atom stereocenters. The molecule has 32 nitrogen and oxygen atoms in total. The zero-order valence-corrected chi connectivity index (χ0v) is 53.1. The first-order valence-electron chi connectivity index (χ1n) is 31.9. The minimum atomic E-state index is -1.49. The number of aromatic nitrogens is 3. The number of carbonyl (C=O) groups excluding carboxylic acids is 2. The highest BCUT2D eigenvalue weighted by molar-refractivity contribution is 5.86. The lowest BCUT2D eigenvalue weighted by Gasteiger charge is -2.38. The molecule has 4 rings (SSSR count). The first-order valence-corrected chi connectivity index (χ1v) is 31.9. The van der Waals surface area contributed by atoms with Crippen LogP contribution < -0.4 is 31.5 Å². The van der Waals surface area contributed by atoms with Gasteiger partial charge in [0.15, 0.2) is 0 Å². The van der Waals surface area contributed by atoms with E-state index in [0.717, 1.165) is 76.6 Å². The molecule has 0 radical (unpaired) electrons. The molecule has 3 amide bonds. The Morgan fingerprint density at radius 1 is 0.522 bits per heavy atom. The van der Waals surface area contributed by atoms with Crippen LogP contribution in [0.5, 0.6) is 0 Å². The highest BCUT2D eigenvalue weighted by Crippen LogP contribution is 2.22. The fourth-order valence-electron chi connectivity index (χ4n) is 10.7. The Kier molecular flexibility index (Phi) is 36.8. The third kappa shape index (κ3) is 33.6. The maximum absolute atomic E-state index is 12.4. The Bertz CT molecular complexity index is 2590. The first-order chi connectivity index (χ1) is 44.1. The fraction of sp³-hybridized carbons (Fsp3) is 0.700. The maximum Gasteiger partial charge on any atom is 0.326 e. The van der Waals surface area contributed by atoms with Crippen molar-refractivity contribution in [2.45, 2.75) is 128 Å². The second kappa shape index (κ2) is 44.0. The maximum atomic E-state index is 12.4. The number of aliphatic carboxylic acids is 7. The number of ether oxygens (including phenoxy) is 2. The van der Waals surface area contributed by atoms with Crippen molar-refractivity contribution in [2.75, 3.05) is 160 Å². The third-order valence-corrected chi connectivity index (χ3v) is 15.7. The molecule has 2 fully saturated rings. The van der Waals surface area contributed by atoms with Crippen LogP contribution in [0.3, 0.4) is 0 Å². The van der Waals surface area contributed by atoms with Gasteiger partial charge in [-0.15, -0.1) is 0 Å². The van der Waals surface area contributed by atoms with E-state index in [2.05, 4.69) is 41.3 Å². The van der Waals surface area contributed by atoms with Gasteiger partial charge in [0.1, 0.15) is 12.1 Å². The Morgan fingerprint density at radius 3 is 1.64 bits per heavy atom. The highest BCUT2D eigenvalue weighted by Gasteiger charge is 2.28. The Morgan fingerprint density at radius 2 is 1.05 bits per heavy atom. The smallest absolute Gasteiger partial charge is 0.326 e. The third-order valence-electron chi connectivity index (χ3n) is 15.7. The number of hydrogen-bond donors (Lipinski definition) is 12. The van der Waals surface area contributed by atoms with Crippen LogP contribution in [0, 0.1) is 0 Å². The minimum absolute atomic E-state index is 0.0444. The van der Waals surface area contributed by atoms with E-state index >= 15 is 0 Å². The van der Waals surface area contributed by atoms with Crippen LogP contribution in [0.2, 0.25) is 0 Å². The second-order valence-electron chi connectivity index (χ2n) is 22.9. The fourth-order valence-corrected chi connectivity index (χ4v) is 10.7. The molecule has 92 heavy (non-hydrogen) atoms. The molecule has 12 N–H and O–H groups in total. The van der Waals surface area contributed by atoms with Crippen molar-refractivity contribution in [3.63, 3.8) is 0 Å². The van der Waals surface area contributed by atoms with Crippen molar-refractivity contribution in [3.05, 3.63) is 29.8 Å². The van der Waals surface area contributed by atoms with Crippen LogP contribution in [0.4, 0.5) is 28.3 Å². The largest absolute Gasteiger partial charge is 0.481 e. The summed E-state index contributed by atoms with van der Waals surface area (Å²) in [6.45, 7) is 10.2. The van der Waals surface area contributed by atoms with Gasteiger partial charge in [-0.05, 0) is 75.7 Å². The second-order valence-corrected chi connectivity index (χ2v) is 22.9.